The molecule has 1 N–H and O–H groups in total. The number of ketones is 1. The van der Waals surface area contributed by atoms with Crippen LogP contribution in [0.25, 0.3) is 0 Å². The molecular weight excluding hydrogens is 294 g/mol. The van der Waals surface area contributed by atoms with E-state index in [4.69, 9.17) is 4.74 Å². The lowest BCUT2D eigenvalue weighted by Gasteiger charge is -2.19. The Morgan fingerprint density at radius 1 is 1.48 bits per heavy atom. The maximum atomic E-state index is 12.3. The van der Waals surface area contributed by atoms with Crippen molar-refractivity contribution in [3.05, 3.63) is 23.8 Å². The summed E-state index contributed by atoms with van der Waals surface area (Å²) < 4.78 is 9.77. The molecule has 1 amide bonds. The first-order valence-corrected chi connectivity index (χ1v) is 7.35. The second-order valence-corrected chi connectivity index (χ2v) is 5.77. The molecule has 0 bridgehead atoms. The van der Waals surface area contributed by atoms with Gasteiger partial charge >= 0.3 is 5.97 Å². The lowest BCUT2D eigenvalue weighted by atomic mass is 10.1. The van der Waals surface area contributed by atoms with E-state index in [1.807, 2.05) is 0 Å². The summed E-state index contributed by atoms with van der Waals surface area (Å²) in [6, 6.07) is 4.89. The molecular formula is C14H15NO5S. The number of ether oxygens (including phenoxy) is 2. The molecule has 1 atom stereocenters. The number of carbonyl (C=O) groups excluding carboxylic acids is 3. The van der Waals surface area contributed by atoms with Crippen LogP contribution in [0, 0.1) is 0 Å². The van der Waals surface area contributed by atoms with Gasteiger partial charge in [0.2, 0.25) is 0 Å². The van der Waals surface area contributed by atoms with E-state index in [0.29, 0.717) is 17.0 Å². The van der Waals surface area contributed by atoms with Crippen LogP contribution in [-0.2, 0) is 14.3 Å². The van der Waals surface area contributed by atoms with Crippen LogP contribution in [0.5, 0.6) is 5.75 Å². The van der Waals surface area contributed by atoms with Crippen LogP contribution in [0.3, 0.4) is 0 Å². The third-order valence-electron chi connectivity index (χ3n) is 2.95. The fraction of sp³-hybridized carbons (Fsp3) is 0.357. The van der Waals surface area contributed by atoms with Crippen LogP contribution < -0.4 is 10.1 Å². The van der Waals surface area contributed by atoms with Crippen LogP contribution in [0.1, 0.15) is 17.3 Å². The van der Waals surface area contributed by atoms with Crippen LogP contribution in [0.15, 0.2) is 18.2 Å². The third-order valence-corrected chi connectivity index (χ3v) is 4.06. The number of benzene rings is 1. The summed E-state index contributed by atoms with van der Waals surface area (Å²) >= 11 is 1.21. The molecule has 0 radical (unpaired) electrons. The van der Waals surface area contributed by atoms with Crippen molar-refractivity contribution in [2.45, 2.75) is 12.2 Å². The summed E-state index contributed by atoms with van der Waals surface area (Å²) in [5.74, 6) is -0.0766. The normalized spacial score (nSPS) is 14.5. The predicted octanol–water partition coefficient (Wildman–Crippen LogP) is 1.49. The molecule has 0 fully saturated rings. The second kappa shape index (κ2) is 6.62. The zero-order valence-electron chi connectivity index (χ0n) is 11.7. The summed E-state index contributed by atoms with van der Waals surface area (Å²) in [4.78, 5) is 34.6. The van der Waals surface area contributed by atoms with Gasteiger partial charge in [0.15, 0.2) is 12.4 Å². The number of fused-ring (bicyclic) bond motifs is 1. The number of rotatable bonds is 5. The van der Waals surface area contributed by atoms with Gasteiger partial charge in [-0.05, 0) is 25.1 Å². The Labute approximate surface area is 126 Å². The van der Waals surface area contributed by atoms with Crippen LogP contribution in [0.4, 0.5) is 5.69 Å². The summed E-state index contributed by atoms with van der Waals surface area (Å²) in [5.41, 5.74) is 0.951. The van der Waals surface area contributed by atoms with Gasteiger partial charge in [-0.15, -0.1) is 11.8 Å². The van der Waals surface area contributed by atoms with Crippen molar-refractivity contribution in [2.24, 2.45) is 0 Å². The van der Waals surface area contributed by atoms with Crippen molar-refractivity contribution >= 4 is 35.1 Å². The molecule has 0 saturated carbocycles. The SMILES string of the molecule is COC(=O)CS[C@@H](C)C(=O)c1ccc2c(c1)NC(=O)CO2. The number of methoxy groups -OCH3 is 1. The van der Waals surface area contributed by atoms with Gasteiger partial charge in [-0.3, -0.25) is 14.4 Å². The Hall–Kier alpha value is -2.02. The first-order valence-electron chi connectivity index (χ1n) is 6.30. The zero-order valence-corrected chi connectivity index (χ0v) is 12.5. The first kappa shape index (κ1) is 15.4. The number of carbonyl (C=O) groups is 3. The highest BCUT2D eigenvalue weighted by molar-refractivity contribution is 8.01. The van der Waals surface area contributed by atoms with Crippen LogP contribution in [-0.4, -0.2) is 42.4 Å². The molecule has 1 heterocycles. The van der Waals surface area contributed by atoms with Crippen molar-refractivity contribution in [1.82, 2.24) is 0 Å². The van der Waals surface area contributed by atoms with Crippen LogP contribution in [0.2, 0.25) is 0 Å². The van der Waals surface area contributed by atoms with Gasteiger partial charge in [0, 0.05) is 5.56 Å². The second-order valence-electron chi connectivity index (χ2n) is 4.44. The number of thioether (sulfide) groups is 1. The number of hydrogen-bond donors (Lipinski definition) is 1. The Morgan fingerprint density at radius 3 is 2.95 bits per heavy atom. The zero-order chi connectivity index (χ0) is 15.4. The lowest BCUT2D eigenvalue weighted by molar-refractivity contribution is -0.137. The van der Waals surface area contributed by atoms with E-state index < -0.39 is 0 Å². The van der Waals surface area contributed by atoms with Gasteiger partial charge in [0.1, 0.15) is 5.75 Å². The predicted molar refractivity (Wildman–Crippen MR) is 78.8 cm³/mol. The molecule has 0 saturated heterocycles. The van der Waals surface area contributed by atoms with Gasteiger partial charge in [0.25, 0.3) is 5.91 Å². The summed E-state index contributed by atoms with van der Waals surface area (Å²) in [6.07, 6.45) is 0. The van der Waals surface area contributed by atoms with Crippen molar-refractivity contribution in [2.75, 3.05) is 24.8 Å². The van der Waals surface area contributed by atoms with Crippen molar-refractivity contribution < 1.29 is 23.9 Å². The van der Waals surface area contributed by atoms with E-state index in [-0.39, 0.29) is 35.3 Å². The maximum Gasteiger partial charge on any atom is 0.315 e. The van der Waals surface area contributed by atoms with Gasteiger partial charge in [-0.1, -0.05) is 0 Å². The molecule has 112 valence electrons. The Kier molecular flexibility index (Phi) is 4.85. The monoisotopic (exact) mass is 309 g/mol. The standard InChI is InChI=1S/C14H15NO5S/c1-8(21-7-13(17)19-2)14(18)9-3-4-11-10(5-9)15-12(16)6-20-11/h3-5,8H,6-7H2,1-2H3,(H,15,16)/t8-/m0/s1. The molecule has 21 heavy (non-hydrogen) atoms. The fourth-order valence-electron chi connectivity index (χ4n) is 1.80. The molecule has 0 unspecified atom stereocenters. The van der Waals surface area contributed by atoms with Gasteiger partial charge in [-0.2, -0.15) is 0 Å². The largest absolute Gasteiger partial charge is 0.482 e. The number of esters is 1. The van der Waals surface area contributed by atoms with Crippen molar-refractivity contribution in [1.29, 1.82) is 0 Å². The van der Waals surface area contributed by atoms with E-state index in [9.17, 15) is 14.4 Å². The molecule has 0 aliphatic carbocycles. The fourth-order valence-corrected chi connectivity index (χ4v) is 2.59. The third kappa shape index (κ3) is 3.75. The van der Waals surface area contributed by atoms with Crippen LogP contribution >= 0.6 is 11.8 Å². The van der Waals surface area contributed by atoms with Crippen molar-refractivity contribution in [3.63, 3.8) is 0 Å². The highest BCUT2D eigenvalue weighted by Crippen LogP contribution is 2.29. The maximum absolute atomic E-state index is 12.3. The molecule has 2 rings (SSSR count). The molecule has 0 aromatic heterocycles. The summed E-state index contributed by atoms with van der Waals surface area (Å²) in [7, 11) is 1.31. The summed E-state index contributed by atoms with van der Waals surface area (Å²) in [6.45, 7) is 1.70. The van der Waals surface area contributed by atoms with E-state index in [1.165, 1.54) is 18.9 Å². The molecule has 1 aromatic carbocycles. The van der Waals surface area contributed by atoms with Gasteiger partial charge in [-0.25, -0.2) is 0 Å². The average molecular weight is 309 g/mol. The van der Waals surface area contributed by atoms with E-state index in [1.54, 1.807) is 25.1 Å². The number of nitrogens with one attached hydrogen (secondary N) is 1. The molecule has 1 aliphatic rings. The number of Topliss-reactive ketones (excluding diaryl/α,β-unsaturated/α-hetero) is 1. The van der Waals surface area contributed by atoms with E-state index in [0.717, 1.165) is 0 Å². The van der Waals surface area contributed by atoms with E-state index in [2.05, 4.69) is 10.1 Å². The minimum atomic E-state index is -0.387. The number of anilines is 1. The molecule has 0 spiro atoms. The number of hydrogen-bond acceptors (Lipinski definition) is 6. The molecule has 1 aromatic rings. The smallest absolute Gasteiger partial charge is 0.315 e. The Balaban J connectivity index is 2.07. The first-order chi connectivity index (χ1) is 10.0. The topological polar surface area (TPSA) is 81.7 Å². The van der Waals surface area contributed by atoms with E-state index >= 15 is 0 Å². The molecule has 1 aliphatic heterocycles. The summed E-state index contributed by atoms with van der Waals surface area (Å²) in [5, 5.41) is 2.27. The highest BCUT2D eigenvalue weighted by atomic mass is 32.2. The Bertz CT molecular complexity index is 587. The molecule has 6 nitrogen and oxygen atoms in total. The minimum absolute atomic E-state index is 0.0221. The lowest BCUT2D eigenvalue weighted by Crippen LogP contribution is -2.26. The van der Waals surface area contributed by atoms with Gasteiger partial charge < -0.3 is 14.8 Å². The molecule has 7 heteroatoms. The van der Waals surface area contributed by atoms with Crippen molar-refractivity contribution in [3.8, 4) is 5.75 Å². The highest BCUT2D eigenvalue weighted by Gasteiger charge is 2.21. The quantitative estimate of drug-likeness (QED) is 0.655. The Morgan fingerprint density at radius 2 is 2.24 bits per heavy atom. The van der Waals surface area contributed by atoms with Gasteiger partial charge in [0.05, 0.1) is 23.8 Å². The average Bonchev–Trinajstić information content (AvgIpc) is 2.50. The minimum Gasteiger partial charge on any atom is -0.482 e. The number of amides is 1.